The first-order valence-electron chi connectivity index (χ1n) is 8.88. The Kier molecular flexibility index (Phi) is 4.76. The fourth-order valence-electron chi connectivity index (χ4n) is 3.28. The van der Waals surface area contributed by atoms with Crippen LogP contribution < -0.4 is 0 Å². The minimum Gasteiger partial charge on any atom is -0.444 e. The minimum atomic E-state index is -0.662. The van der Waals surface area contributed by atoms with Gasteiger partial charge in [-0.25, -0.2) is 4.79 Å². The second-order valence-electron chi connectivity index (χ2n) is 7.94. The van der Waals surface area contributed by atoms with Crippen molar-refractivity contribution in [2.45, 2.75) is 45.1 Å². The molecule has 1 saturated heterocycles. The van der Waals surface area contributed by atoms with Crippen LogP contribution in [0.5, 0.6) is 0 Å². The number of nitriles is 1. The molecule has 3 rings (SSSR count). The van der Waals surface area contributed by atoms with Gasteiger partial charge in [0.2, 0.25) is 0 Å². The zero-order valence-electron chi connectivity index (χ0n) is 15.8. The number of pyridine rings is 1. The first kappa shape index (κ1) is 18.4. The van der Waals surface area contributed by atoms with Crippen molar-refractivity contribution in [3.05, 3.63) is 35.2 Å². The highest BCUT2D eigenvalue weighted by Crippen LogP contribution is 2.38. The molecule has 138 valence electrons. The topological polar surface area (TPSA) is 75.5 Å². The lowest BCUT2D eigenvalue weighted by molar-refractivity contribution is -0.0319. The summed E-state index contributed by atoms with van der Waals surface area (Å²) < 4.78 is 10.8. The van der Waals surface area contributed by atoms with Crippen LogP contribution in [-0.2, 0) is 14.9 Å². The summed E-state index contributed by atoms with van der Waals surface area (Å²) in [4.78, 5) is 18.5. The standard InChI is InChI=1S/C20H25N3O3/c1-14-5-8-22-17(20(11-21)12-25-13-20)16(14)15-6-9-23(10-7-15)18(24)26-19(2,3)4/h5-6,8H,7,9-10,12-13H2,1-4H3. The molecule has 1 amide bonds. The lowest BCUT2D eigenvalue weighted by Crippen LogP contribution is -2.47. The molecule has 26 heavy (non-hydrogen) atoms. The average molecular weight is 355 g/mol. The van der Waals surface area contributed by atoms with Gasteiger partial charge in [-0.15, -0.1) is 0 Å². The van der Waals surface area contributed by atoms with Gasteiger partial charge in [-0.05, 0) is 51.3 Å². The van der Waals surface area contributed by atoms with Crippen molar-refractivity contribution in [1.82, 2.24) is 9.88 Å². The van der Waals surface area contributed by atoms with Crippen LogP contribution in [-0.4, -0.2) is 47.9 Å². The van der Waals surface area contributed by atoms with Gasteiger partial charge in [-0.1, -0.05) is 6.08 Å². The maximum Gasteiger partial charge on any atom is 0.410 e. The fraction of sp³-hybridized carbons (Fsp3) is 0.550. The van der Waals surface area contributed by atoms with Crippen LogP contribution in [0.25, 0.3) is 5.57 Å². The number of ether oxygens (including phenoxy) is 2. The highest BCUT2D eigenvalue weighted by atomic mass is 16.6. The largest absolute Gasteiger partial charge is 0.444 e. The lowest BCUT2D eigenvalue weighted by atomic mass is 9.78. The third kappa shape index (κ3) is 3.45. The number of carbonyl (C=O) groups excluding carboxylic acids is 1. The van der Waals surface area contributed by atoms with E-state index >= 15 is 0 Å². The number of amides is 1. The molecule has 6 heteroatoms. The minimum absolute atomic E-state index is 0.295. The maximum absolute atomic E-state index is 12.3. The van der Waals surface area contributed by atoms with E-state index in [1.165, 1.54) is 0 Å². The Bertz CT molecular complexity index is 782. The van der Waals surface area contributed by atoms with E-state index in [9.17, 15) is 10.1 Å². The summed E-state index contributed by atoms with van der Waals surface area (Å²) in [5, 5.41) is 9.67. The van der Waals surface area contributed by atoms with Crippen molar-refractivity contribution in [2.75, 3.05) is 26.3 Å². The Morgan fingerprint density at radius 3 is 2.65 bits per heavy atom. The lowest BCUT2D eigenvalue weighted by Gasteiger charge is -2.37. The summed E-state index contributed by atoms with van der Waals surface area (Å²) in [5.41, 5.74) is 2.88. The molecular weight excluding hydrogens is 330 g/mol. The van der Waals surface area contributed by atoms with Gasteiger partial charge in [-0.2, -0.15) is 5.26 Å². The van der Waals surface area contributed by atoms with Crippen molar-refractivity contribution in [1.29, 1.82) is 5.26 Å². The fourth-order valence-corrected chi connectivity index (χ4v) is 3.28. The first-order valence-corrected chi connectivity index (χ1v) is 8.88. The number of hydrogen-bond donors (Lipinski definition) is 0. The zero-order valence-corrected chi connectivity index (χ0v) is 15.8. The van der Waals surface area contributed by atoms with E-state index in [1.807, 2.05) is 39.8 Å². The van der Waals surface area contributed by atoms with E-state index in [0.29, 0.717) is 32.7 Å². The molecule has 2 aliphatic rings. The quantitative estimate of drug-likeness (QED) is 0.814. The smallest absolute Gasteiger partial charge is 0.410 e. The normalized spacial score (nSPS) is 19.2. The molecule has 0 aromatic carbocycles. The van der Waals surface area contributed by atoms with Gasteiger partial charge < -0.3 is 14.4 Å². The molecule has 3 heterocycles. The summed E-state index contributed by atoms with van der Waals surface area (Å²) in [6.07, 6.45) is 4.21. The van der Waals surface area contributed by atoms with Gasteiger partial charge in [0.1, 0.15) is 11.0 Å². The Balaban J connectivity index is 1.86. The Labute approximate surface area is 154 Å². The van der Waals surface area contributed by atoms with E-state index in [1.54, 1.807) is 11.1 Å². The second kappa shape index (κ2) is 6.73. The van der Waals surface area contributed by atoms with Gasteiger partial charge in [0.25, 0.3) is 0 Å². The van der Waals surface area contributed by atoms with Crippen LogP contribution in [0.4, 0.5) is 4.79 Å². The third-order valence-electron chi connectivity index (χ3n) is 4.71. The monoisotopic (exact) mass is 355 g/mol. The van der Waals surface area contributed by atoms with E-state index < -0.39 is 11.0 Å². The van der Waals surface area contributed by atoms with E-state index in [2.05, 4.69) is 11.1 Å². The van der Waals surface area contributed by atoms with Gasteiger partial charge in [0.05, 0.1) is 25.0 Å². The molecule has 0 bridgehead atoms. The van der Waals surface area contributed by atoms with Gasteiger partial charge in [-0.3, -0.25) is 4.98 Å². The summed E-state index contributed by atoms with van der Waals surface area (Å²) in [5.74, 6) is 0. The molecule has 1 aromatic heterocycles. The summed E-state index contributed by atoms with van der Waals surface area (Å²) in [7, 11) is 0. The predicted molar refractivity (Wildman–Crippen MR) is 97.5 cm³/mol. The van der Waals surface area contributed by atoms with Crippen LogP contribution in [0.1, 0.15) is 44.0 Å². The molecule has 0 N–H and O–H groups in total. The third-order valence-corrected chi connectivity index (χ3v) is 4.71. The Morgan fingerprint density at radius 2 is 2.15 bits per heavy atom. The van der Waals surface area contributed by atoms with Gasteiger partial charge in [0, 0.05) is 24.8 Å². The van der Waals surface area contributed by atoms with Crippen molar-refractivity contribution in [3.63, 3.8) is 0 Å². The molecule has 0 unspecified atom stereocenters. The second-order valence-corrected chi connectivity index (χ2v) is 7.94. The van der Waals surface area contributed by atoms with E-state index in [4.69, 9.17) is 9.47 Å². The van der Waals surface area contributed by atoms with Crippen LogP contribution in [0.3, 0.4) is 0 Å². The molecule has 0 saturated carbocycles. The van der Waals surface area contributed by atoms with Crippen LogP contribution >= 0.6 is 0 Å². The number of nitrogens with zero attached hydrogens (tertiary/aromatic N) is 3. The van der Waals surface area contributed by atoms with Crippen molar-refractivity contribution in [2.24, 2.45) is 0 Å². The van der Waals surface area contributed by atoms with Gasteiger partial charge >= 0.3 is 6.09 Å². The van der Waals surface area contributed by atoms with Crippen LogP contribution in [0, 0.1) is 18.3 Å². The van der Waals surface area contributed by atoms with Crippen molar-refractivity contribution >= 4 is 11.7 Å². The molecule has 1 aromatic rings. The summed E-state index contributed by atoms with van der Waals surface area (Å²) in [6.45, 7) is 9.47. The maximum atomic E-state index is 12.3. The first-order chi connectivity index (χ1) is 12.3. The Morgan fingerprint density at radius 1 is 1.42 bits per heavy atom. The molecule has 2 aliphatic heterocycles. The molecule has 6 nitrogen and oxygen atoms in total. The number of rotatable bonds is 2. The number of aromatic nitrogens is 1. The molecular formula is C20H25N3O3. The van der Waals surface area contributed by atoms with Crippen LogP contribution in [0.15, 0.2) is 18.3 Å². The van der Waals surface area contributed by atoms with E-state index in [0.717, 1.165) is 22.4 Å². The molecule has 1 fully saturated rings. The van der Waals surface area contributed by atoms with E-state index in [-0.39, 0.29) is 6.09 Å². The molecule has 0 atom stereocenters. The van der Waals surface area contributed by atoms with Crippen molar-refractivity contribution in [3.8, 4) is 6.07 Å². The summed E-state index contributed by atoms with van der Waals surface area (Å²) in [6, 6.07) is 4.35. The molecule has 0 spiro atoms. The number of aryl methyl sites for hydroxylation is 1. The number of carbonyl (C=O) groups is 1. The highest BCUT2D eigenvalue weighted by molar-refractivity contribution is 5.75. The van der Waals surface area contributed by atoms with Crippen molar-refractivity contribution < 1.29 is 14.3 Å². The summed E-state index contributed by atoms with van der Waals surface area (Å²) >= 11 is 0. The number of hydrogen-bond acceptors (Lipinski definition) is 5. The van der Waals surface area contributed by atoms with Crippen LogP contribution in [0.2, 0.25) is 0 Å². The SMILES string of the molecule is Cc1ccnc(C2(C#N)COC2)c1C1=CCN(C(=O)OC(C)(C)C)CC1. The average Bonchev–Trinajstić information content (AvgIpc) is 2.53. The molecule has 0 radical (unpaired) electrons. The molecule has 0 aliphatic carbocycles. The van der Waals surface area contributed by atoms with Gasteiger partial charge in [0.15, 0.2) is 0 Å². The predicted octanol–water partition coefficient (Wildman–Crippen LogP) is 3.21. The highest BCUT2D eigenvalue weighted by Gasteiger charge is 2.44. The zero-order chi connectivity index (χ0) is 18.9. The Hall–Kier alpha value is -2.39.